The lowest BCUT2D eigenvalue weighted by atomic mass is 10.2. The Hall–Kier alpha value is -2.45. The van der Waals surface area contributed by atoms with Crippen molar-refractivity contribution in [1.82, 2.24) is 14.6 Å². The van der Waals surface area contributed by atoms with Crippen molar-refractivity contribution in [3.8, 4) is 5.75 Å². The van der Waals surface area contributed by atoms with Gasteiger partial charge in [0.1, 0.15) is 5.75 Å². The molecule has 0 saturated heterocycles. The summed E-state index contributed by atoms with van der Waals surface area (Å²) in [5.74, 6) is 0.250. The molecule has 1 N–H and O–H groups in total. The van der Waals surface area contributed by atoms with Gasteiger partial charge in [-0.3, -0.25) is 9.78 Å². The Kier molecular flexibility index (Phi) is 6.70. The second kappa shape index (κ2) is 8.77. The summed E-state index contributed by atoms with van der Waals surface area (Å²) in [7, 11) is -2.24. The number of carbonyl (C=O) groups is 1. The zero-order valence-corrected chi connectivity index (χ0v) is 15.9. The molecule has 8 heteroatoms. The van der Waals surface area contributed by atoms with E-state index in [4.69, 9.17) is 4.74 Å². The summed E-state index contributed by atoms with van der Waals surface area (Å²) in [6, 6.07) is 8.22. The van der Waals surface area contributed by atoms with Crippen molar-refractivity contribution >= 4 is 15.9 Å². The fourth-order valence-corrected chi connectivity index (χ4v) is 3.94. The van der Waals surface area contributed by atoms with Gasteiger partial charge >= 0.3 is 0 Å². The molecule has 1 amide bonds. The number of aromatic nitrogens is 1. The summed E-state index contributed by atoms with van der Waals surface area (Å²) < 4.78 is 32.0. The van der Waals surface area contributed by atoms with Gasteiger partial charge < -0.3 is 10.1 Å². The molecule has 7 nitrogen and oxygen atoms in total. The van der Waals surface area contributed by atoms with Gasteiger partial charge in [0.05, 0.1) is 18.6 Å². The van der Waals surface area contributed by atoms with Crippen molar-refractivity contribution in [3.05, 3.63) is 53.9 Å². The number of pyridine rings is 1. The SMILES string of the molecule is CCN(CC(=O)NCc1ccncc1)S(=O)(=O)c1ccc(OC)c(C)c1. The van der Waals surface area contributed by atoms with Crippen LogP contribution in [-0.4, -0.2) is 43.8 Å². The van der Waals surface area contributed by atoms with Gasteiger partial charge in [-0.05, 0) is 48.4 Å². The smallest absolute Gasteiger partial charge is 0.243 e. The highest BCUT2D eigenvalue weighted by Gasteiger charge is 2.25. The second-order valence-electron chi connectivity index (χ2n) is 5.69. The molecule has 0 aliphatic rings. The molecular weight excluding hydrogens is 354 g/mol. The molecular formula is C18H23N3O4S. The standard InChI is InChI=1S/C18H23N3O4S/c1-4-21(13-18(22)20-12-15-7-9-19-10-8-15)26(23,24)16-5-6-17(25-3)14(2)11-16/h5-11H,4,12-13H2,1-3H3,(H,20,22). The van der Waals surface area contributed by atoms with E-state index < -0.39 is 10.0 Å². The zero-order valence-electron chi connectivity index (χ0n) is 15.1. The first kappa shape index (κ1) is 19.9. The van der Waals surface area contributed by atoms with Crippen LogP contribution in [0.15, 0.2) is 47.6 Å². The molecule has 26 heavy (non-hydrogen) atoms. The molecule has 0 unspecified atom stereocenters. The predicted octanol–water partition coefficient (Wildman–Crippen LogP) is 1.73. The number of methoxy groups -OCH3 is 1. The molecule has 2 aromatic rings. The first-order valence-electron chi connectivity index (χ1n) is 8.19. The van der Waals surface area contributed by atoms with Crippen LogP contribution in [0.3, 0.4) is 0 Å². The van der Waals surface area contributed by atoms with E-state index in [2.05, 4.69) is 10.3 Å². The summed E-state index contributed by atoms with van der Waals surface area (Å²) in [5, 5.41) is 2.72. The quantitative estimate of drug-likeness (QED) is 0.757. The Labute approximate surface area is 154 Å². The molecule has 0 aliphatic heterocycles. The van der Waals surface area contributed by atoms with Gasteiger partial charge in [-0.25, -0.2) is 8.42 Å². The number of nitrogens with zero attached hydrogens (tertiary/aromatic N) is 2. The van der Waals surface area contributed by atoms with Crippen LogP contribution in [0.1, 0.15) is 18.1 Å². The molecule has 0 atom stereocenters. The third-order valence-electron chi connectivity index (χ3n) is 3.92. The maximum Gasteiger partial charge on any atom is 0.243 e. The maximum absolute atomic E-state index is 12.8. The van der Waals surface area contributed by atoms with E-state index in [1.807, 2.05) is 0 Å². The van der Waals surface area contributed by atoms with Crippen LogP contribution in [0, 0.1) is 6.92 Å². The first-order valence-corrected chi connectivity index (χ1v) is 9.63. The lowest BCUT2D eigenvalue weighted by Crippen LogP contribution is -2.40. The fraction of sp³-hybridized carbons (Fsp3) is 0.333. The van der Waals surface area contributed by atoms with Crippen molar-refractivity contribution < 1.29 is 17.9 Å². The Morgan fingerprint density at radius 1 is 1.23 bits per heavy atom. The monoisotopic (exact) mass is 377 g/mol. The number of carbonyl (C=O) groups excluding carboxylic acids is 1. The molecule has 0 saturated carbocycles. The minimum Gasteiger partial charge on any atom is -0.496 e. The lowest BCUT2D eigenvalue weighted by Gasteiger charge is -2.20. The number of ether oxygens (including phenoxy) is 1. The number of rotatable bonds is 8. The molecule has 0 aliphatic carbocycles. The van der Waals surface area contributed by atoms with Crippen LogP contribution in [0.5, 0.6) is 5.75 Å². The molecule has 1 heterocycles. The molecule has 1 aromatic carbocycles. The van der Waals surface area contributed by atoms with Crippen LogP contribution in [0.25, 0.3) is 0 Å². The fourth-order valence-electron chi connectivity index (χ4n) is 2.44. The van der Waals surface area contributed by atoms with E-state index in [0.717, 1.165) is 9.87 Å². The highest BCUT2D eigenvalue weighted by molar-refractivity contribution is 7.89. The average Bonchev–Trinajstić information content (AvgIpc) is 2.65. The van der Waals surface area contributed by atoms with E-state index in [1.54, 1.807) is 50.5 Å². The predicted molar refractivity (Wildman–Crippen MR) is 98.2 cm³/mol. The molecule has 0 radical (unpaired) electrons. The van der Waals surface area contributed by atoms with Crippen LogP contribution in [0.4, 0.5) is 0 Å². The second-order valence-corrected chi connectivity index (χ2v) is 7.63. The van der Waals surface area contributed by atoms with Gasteiger partial charge in [0.2, 0.25) is 15.9 Å². The highest BCUT2D eigenvalue weighted by Crippen LogP contribution is 2.23. The van der Waals surface area contributed by atoms with Gasteiger partial charge in [0.25, 0.3) is 0 Å². The Balaban J connectivity index is 2.08. The topological polar surface area (TPSA) is 88.6 Å². The first-order chi connectivity index (χ1) is 12.4. The number of amides is 1. The number of likely N-dealkylation sites (N-methyl/N-ethyl adjacent to an activating group) is 1. The maximum atomic E-state index is 12.8. The van der Waals surface area contributed by atoms with Crippen LogP contribution in [-0.2, 0) is 21.4 Å². The van der Waals surface area contributed by atoms with Crippen LogP contribution >= 0.6 is 0 Å². The Morgan fingerprint density at radius 2 is 1.92 bits per heavy atom. The molecule has 2 rings (SSSR count). The summed E-state index contributed by atoms with van der Waals surface area (Å²) >= 11 is 0. The van der Waals surface area contributed by atoms with E-state index in [-0.39, 0.29) is 23.9 Å². The minimum atomic E-state index is -3.77. The number of nitrogens with one attached hydrogen (secondary N) is 1. The highest BCUT2D eigenvalue weighted by atomic mass is 32.2. The number of benzene rings is 1. The lowest BCUT2D eigenvalue weighted by molar-refractivity contribution is -0.121. The van der Waals surface area contributed by atoms with Gasteiger partial charge in [-0.2, -0.15) is 4.31 Å². The number of aryl methyl sites for hydroxylation is 1. The molecule has 0 bridgehead atoms. The normalized spacial score (nSPS) is 11.4. The van der Waals surface area contributed by atoms with Crippen molar-refractivity contribution in [2.45, 2.75) is 25.3 Å². The van der Waals surface area contributed by atoms with Crippen molar-refractivity contribution in [1.29, 1.82) is 0 Å². The molecule has 1 aromatic heterocycles. The Morgan fingerprint density at radius 3 is 2.50 bits per heavy atom. The number of hydrogen-bond acceptors (Lipinski definition) is 5. The molecule has 0 fully saturated rings. The number of hydrogen-bond donors (Lipinski definition) is 1. The largest absolute Gasteiger partial charge is 0.496 e. The summed E-state index contributed by atoms with van der Waals surface area (Å²) in [6.45, 7) is 3.74. The average molecular weight is 377 g/mol. The van der Waals surface area contributed by atoms with E-state index in [9.17, 15) is 13.2 Å². The third kappa shape index (κ3) is 4.80. The van der Waals surface area contributed by atoms with E-state index >= 15 is 0 Å². The van der Waals surface area contributed by atoms with Crippen LogP contribution < -0.4 is 10.1 Å². The molecule has 140 valence electrons. The van der Waals surface area contributed by atoms with Gasteiger partial charge in [0, 0.05) is 25.5 Å². The Bertz CT molecular complexity index is 854. The summed E-state index contributed by atoms with van der Waals surface area (Å²) in [5.41, 5.74) is 1.61. The van der Waals surface area contributed by atoms with Gasteiger partial charge in [-0.1, -0.05) is 6.92 Å². The van der Waals surface area contributed by atoms with Crippen molar-refractivity contribution in [3.63, 3.8) is 0 Å². The van der Waals surface area contributed by atoms with E-state index in [0.29, 0.717) is 17.9 Å². The van der Waals surface area contributed by atoms with Gasteiger partial charge in [0.15, 0.2) is 0 Å². The van der Waals surface area contributed by atoms with Crippen LogP contribution in [0.2, 0.25) is 0 Å². The van der Waals surface area contributed by atoms with E-state index in [1.165, 1.54) is 13.2 Å². The molecule has 0 spiro atoms. The zero-order chi connectivity index (χ0) is 19.2. The van der Waals surface area contributed by atoms with Crippen molar-refractivity contribution in [2.75, 3.05) is 20.2 Å². The minimum absolute atomic E-state index is 0.139. The van der Waals surface area contributed by atoms with Gasteiger partial charge in [-0.15, -0.1) is 0 Å². The summed E-state index contributed by atoms with van der Waals surface area (Å²) in [4.78, 5) is 16.2. The van der Waals surface area contributed by atoms with Crippen molar-refractivity contribution in [2.24, 2.45) is 0 Å². The third-order valence-corrected chi connectivity index (χ3v) is 5.83. The summed E-state index contributed by atoms with van der Waals surface area (Å²) in [6.07, 6.45) is 3.27. The number of sulfonamides is 1.